The van der Waals surface area contributed by atoms with E-state index in [-0.39, 0.29) is 5.41 Å². The van der Waals surface area contributed by atoms with Crippen LogP contribution in [0.3, 0.4) is 0 Å². The fourth-order valence-corrected chi connectivity index (χ4v) is 1.75. The van der Waals surface area contributed by atoms with Crippen LogP contribution in [-0.2, 0) is 0 Å². The molecule has 5 heteroatoms. The lowest BCUT2D eigenvalue weighted by Gasteiger charge is -2.27. The van der Waals surface area contributed by atoms with Crippen molar-refractivity contribution in [2.75, 3.05) is 17.6 Å². The van der Waals surface area contributed by atoms with Gasteiger partial charge in [-0.05, 0) is 22.9 Å². The van der Waals surface area contributed by atoms with Crippen LogP contribution in [0.2, 0.25) is 0 Å². The SMILES string of the molecule is CC(CNc1snc(N)c1C#N)C(C)(C)C. The molecule has 0 spiro atoms. The fourth-order valence-electron chi connectivity index (χ4n) is 1.08. The van der Waals surface area contributed by atoms with Crippen molar-refractivity contribution in [2.45, 2.75) is 27.7 Å². The van der Waals surface area contributed by atoms with Gasteiger partial charge in [0, 0.05) is 6.54 Å². The second-order valence-electron chi connectivity index (χ2n) is 5.03. The molecule has 1 unspecified atom stereocenters. The van der Waals surface area contributed by atoms with Gasteiger partial charge in [0.1, 0.15) is 16.6 Å². The van der Waals surface area contributed by atoms with Crippen molar-refractivity contribution in [1.82, 2.24) is 4.37 Å². The van der Waals surface area contributed by atoms with Crippen LogP contribution in [0, 0.1) is 22.7 Å². The molecule has 88 valence electrons. The van der Waals surface area contributed by atoms with Gasteiger partial charge in [0.15, 0.2) is 5.82 Å². The third-order valence-corrected chi connectivity index (χ3v) is 3.70. The molecule has 3 N–H and O–H groups in total. The summed E-state index contributed by atoms with van der Waals surface area (Å²) in [7, 11) is 0. The Labute approximate surface area is 101 Å². The van der Waals surface area contributed by atoms with Gasteiger partial charge in [-0.25, -0.2) is 0 Å². The first-order valence-electron chi connectivity index (χ1n) is 5.25. The van der Waals surface area contributed by atoms with E-state index in [1.54, 1.807) is 0 Å². The molecule has 4 nitrogen and oxygen atoms in total. The maximum atomic E-state index is 8.91. The monoisotopic (exact) mass is 238 g/mol. The largest absolute Gasteiger partial charge is 0.382 e. The number of aromatic nitrogens is 1. The highest BCUT2D eigenvalue weighted by molar-refractivity contribution is 7.10. The first-order valence-corrected chi connectivity index (χ1v) is 6.02. The second kappa shape index (κ2) is 4.71. The standard InChI is InChI=1S/C11H18N4S/c1-7(11(2,3)4)6-14-10-8(5-12)9(13)15-16-10/h7,14H,6H2,1-4H3,(H2,13,15). The molecule has 1 aromatic rings. The van der Waals surface area contributed by atoms with Gasteiger partial charge in [0.25, 0.3) is 0 Å². The fraction of sp³-hybridized carbons (Fsp3) is 0.636. The van der Waals surface area contributed by atoms with Gasteiger partial charge < -0.3 is 11.1 Å². The van der Waals surface area contributed by atoms with Crippen LogP contribution >= 0.6 is 11.5 Å². The average Bonchev–Trinajstić information content (AvgIpc) is 2.54. The van der Waals surface area contributed by atoms with Crippen LogP contribution in [0.5, 0.6) is 0 Å². The number of nitrogens with one attached hydrogen (secondary N) is 1. The number of nitrogens with zero attached hydrogens (tertiary/aromatic N) is 2. The number of nitrogen functional groups attached to an aromatic ring is 1. The minimum atomic E-state index is 0.246. The summed E-state index contributed by atoms with van der Waals surface area (Å²) in [6, 6.07) is 2.07. The summed E-state index contributed by atoms with van der Waals surface area (Å²) >= 11 is 1.24. The minimum Gasteiger partial charge on any atom is -0.382 e. The third-order valence-electron chi connectivity index (χ3n) is 2.88. The van der Waals surface area contributed by atoms with Gasteiger partial charge in [0.2, 0.25) is 0 Å². The summed E-state index contributed by atoms with van der Waals surface area (Å²) in [6.45, 7) is 9.60. The molecule has 0 bridgehead atoms. The molecule has 0 amide bonds. The van der Waals surface area contributed by atoms with Crippen LogP contribution in [0.1, 0.15) is 33.3 Å². The maximum Gasteiger partial charge on any atom is 0.157 e. The molecule has 0 radical (unpaired) electrons. The number of nitrogens with two attached hydrogens (primary N) is 1. The number of hydrogen-bond acceptors (Lipinski definition) is 5. The molecule has 0 aromatic carbocycles. The normalized spacial score (nSPS) is 13.2. The average molecular weight is 238 g/mol. The maximum absolute atomic E-state index is 8.91. The number of rotatable bonds is 3. The van der Waals surface area contributed by atoms with Gasteiger partial charge in [-0.15, -0.1) is 0 Å². The second-order valence-corrected chi connectivity index (χ2v) is 5.81. The summed E-state index contributed by atoms with van der Waals surface area (Å²) in [5.74, 6) is 0.820. The van der Waals surface area contributed by atoms with E-state index in [1.807, 2.05) is 0 Å². The molecule has 1 heterocycles. The molecular formula is C11H18N4S. The smallest absolute Gasteiger partial charge is 0.157 e. The molecule has 1 atom stereocenters. The quantitative estimate of drug-likeness (QED) is 0.849. The van der Waals surface area contributed by atoms with Gasteiger partial charge in [0.05, 0.1) is 0 Å². The molecular weight excluding hydrogens is 220 g/mol. The van der Waals surface area contributed by atoms with Crippen LogP contribution in [0.25, 0.3) is 0 Å². The zero-order valence-corrected chi connectivity index (χ0v) is 11.0. The molecule has 0 aliphatic rings. The molecule has 0 aliphatic carbocycles. The Morgan fingerprint density at radius 3 is 2.69 bits per heavy atom. The van der Waals surface area contributed by atoms with Gasteiger partial charge in [-0.3, -0.25) is 0 Å². The van der Waals surface area contributed by atoms with Crippen molar-refractivity contribution in [2.24, 2.45) is 11.3 Å². The van der Waals surface area contributed by atoms with Crippen molar-refractivity contribution in [3.8, 4) is 6.07 Å². The van der Waals surface area contributed by atoms with Crippen molar-refractivity contribution < 1.29 is 0 Å². The van der Waals surface area contributed by atoms with E-state index in [9.17, 15) is 0 Å². The zero-order valence-electron chi connectivity index (χ0n) is 10.2. The van der Waals surface area contributed by atoms with Gasteiger partial charge in [-0.2, -0.15) is 9.64 Å². The van der Waals surface area contributed by atoms with Gasteiger partial charge >= 0.3 is 0 Å². The Kier molecular flexibility index (Phi) is 3.76. The number of anilines is 2. The highest BCUT2D eigenvalue weighted by Crippen LogP contribution is 2.29. The summed E-state index contributed by atoms with van der Waals surface area (Å²) < 4.78 is 3.96. The molecule has 0 saturated heterocycles. The van der Waals surface area contributed by atoms with E-state index < -0.39 is 0 Å². The van der Waals surface area contributed by atoms with E-state index in [4.69, 9.17) is 11.0 Å². The van der Waals surface area contributed by atoms with Crippen molar-refractivity contribution in [3.63, 3.8) is 0 Å². The first kappa shape index (κ1) is 12.8. The molecule has 1 rings (SSSR count). The summed E-state index contributed by atoms with van der Waals surface area (Å²) in [4.78, 5) is 0. The third kappa shape index (κ3) is 2.86. The highest BCUT2D eigenvalue weighted by atomic mass is 32.1. The Hall–Kier alpha value is -1.28. The molecule has 0 fully saturated rings. The number of hydrogen-bond donors (Lipinski definition) is 2. The van der Waals surface area contributed by atoms with Crippen LogP contribution in [0.4, 0.5) is 10.8 Å². The van der Waals surface area contributed by atoms with Crippen LogP contribution in [0.15, 0.2) is 0 Å². The topological polar surface area (TPSA) is 74.7 Å². The van der Waals surface area contributed by atoms with Gasteiger partial charge in [-0.1, -0.05) is 27.7 Å². The Balaban J connectivity index is 2.66. The summed E-state index contributed by atoms with van der Waals surface area (Å²) in [5, 5.41) is 12.9. The molecule has 1 aromatic heterocycles. The Morgan fingerprint density at radius 2 is 2.19 bits per heavy atom. The van der Waals surface area contributed by atoms with E-state index in [2.05, 4.69) is 43.5 Å². The van der Waals surface area contributed by atoms with Crippen LogP contribution < -0.4 is 11.1 Å². The Bertz CT molecular complexity index is 397. The summed E-state index contributed by atoms with van der Waals surface area (Å²) in [5.41, 5.74) is 6.29. The molecule has 0 saturated carbocycles. The lowest BCUT2D eigenvalue weighted by molar-refractivity contribution is 0.275. The lowest BCUT2D eigenvalue weighted by Crippen LogP contribution is -2.24. The predicted molar refractivity (Wildman–Crippen MR) is 68.4 cm³/mol. The Morgan fingerprint density at radius 1 is 1.56 bits per heavy atom. The van der Waals surface area contributed by atoms with E-state index in [0.29, 0.717) is 17.3 Å². The number of nitriles is 1. The molecule has 16 heavy (non-hydrogen) atoms. The van der Waals surface area contributed by atoms with E-state index in [0.717, 1.165) is 11.5 Å². The van der Waals surface area contributed by atoms with Crippen molar-refractivity contribution in [3.05, 3.63) is 5.56 Å². The predicted octanol–water partition coefficient (Wildman–Crippen LogP) is 2.69. The highest BCUT2D eigenvalue weighted by Gasteiger charge is 2.20. The van der Waals surface area contributed by atoms with E-state index >= 15 is 0 Å². The van der Waals surface area contributed by atoms with E-state index in [1.165, 1.54) is 11.5 Å². The minimum absolute atomic E-state index is 0.246. The summed E-state index contributed by atoms with van der Waals surface area (Å²) in [6.07, 6.45) is 0. The van der Waals surface area contributed by atoms with Crippen molar-refractivity contribution >= 4 is 22.4 Å². The first-order chi connectivity index (χ1) is 7.36. The molecule has 0 aliphatic heterocycles. The zero-order chi connectivity index (χ0) is 12.3. The van der Waals surface area contributed by atoms with Crippen LogP contribution in [-0.4, -0.2) is 10.9 Å². The van der Waals surface area contributed by atoms with Crippen molar-refractivity contribution in [1.29, 1.82) is 5.26 Å². The lowest BCUT2D eigenvalue weighted by atomic mass is 9.82.